The van der Waals surface area contributed by atoms with E-state index in [9.17, 15) is 9.18 Å². The van der Waals surface area contributed by atoms with E-state index in [0.717, 1.165) is 0 Å². The highest BCUT2D eigenvalue weighted by Crippen LogP contribution is 2.19. The Bertz CT molecular complexity index is 669. The van der Waals surface area contributed by atoms with Crippen molar-refractivity contribution in [1.29, 1.82) is 0 Å². The van der Waals surface area contributed by atoms with Gasteiger partial charge >= 0.3 is 0 Å². The number of halogens is 3. The number of benzene rings is 1. The Balaban J connectivity index is 2.23. The maximum atomic E-state index is 13.1. The first kappa shape index (κ1) is 14.7. The molecule has 0 bridgehead atoms. The van der Waals surface area contributed by atoms with Gasteiger partial charge in [0.2, 0.25) is 11.8 Å². The molecule has 1 heterocycles. The van der Waals surface area contributed by atoms with E-state index in [1.165, 1.54) is 31.4 Å². The molecule has 2 aromatic rings. The predicted molar refractivity (Wildman–Crippen MR) is 75.6 cm³/mol. The molecule has 0 unspecified atom stereocenters. The van der Waals surface area contributed by atoms with Crippen LogP contribution in [0.15, 0.2) is 28.7 Å². The fourth-order valence-electron chi connectivity index (χ4n) is 1.37. The third-order valence-electron chi connectivity index (χ3n) is 2.29. The molecule has 8 heteroatoms. The highest BCUT2D eigenvalue weighted by molar-refractivity contribution is 9.10. The number of nitrogens with zero attached hydrogens (tertiary/aromatic N) is 2. The van der Waals surface area contributed by atoms with Crippen LogP contribution in [0.25, 0.3) is 0 Å². The zero-order valence-corrected chi connectivity index (χ0v) is 12.5. The molecule has 1 aromatic carbocycles. The van der Waals surface area contributed by atoms with Crippen molar-refractivity contribution in [2.24, 2.45) is 0 Å². The summed E-state index contributed by atoms with van der Waals surface area (Å²) >= 11 is 8.77. The number of anilines is 1. The first-order valence-corrected chi connectivity index (χ1v) is 6.51. The zero-order valence-electron chi connectivity index (χ0n) is 10.2. The van der Waals surface area contributed by atoms with Crippen LogP contribution >= 0.6 is 27.5 Å². The van der Waals surface area contributed by atoms with Crippen molar-refractivity contribution in [3.63, 3.8) is 0 Å². The van der Waals surface area contributed by atoms with E-state index in [0.29, 0.717) is 0 Å². The van der Waals surface area contributed by atoms with Gasteiger partial charge in [-0.15, -0.1) is 0 Å². The van der Waals surface area contributed by atoms with Crippen LogP contribution in [0, 0.1) is 5.82 Å². The Morgan fingerprint density at radius 1 is 1.40 bits per heavy atom. The lowest BCUT2D eigenvalue weighted by molar-refractivity contribution is 0.102. The van der Waals surface area contributed by atoms with Crippen LogP contribution in [0.5, 0.6) is 5.88 Å². The minimum Gasteiger partial charge on any atom is -0.481 e. The maximum absolute atomic E-state index is 13.1. The maximum Gasteiger partial charge on any atom is 0.258 e. The Labute approximate surface area is 127 Å². The van der Waals surface area contributed by atoms with E-state index in [4.69, 9.17) is 16.3 Å². The van der Waals surface area contributed by atoms with Crippen molar-refractivity contribution < 1.29 is 13.9 Å². The van der Waals surface area contributed by atoms with Gasteiger partial charge in [-0.05, 0) is 34.1 Å². The first-order chi connectivity index (χ1) is 9.49. The molecule has 0 atom stereocenters. The highest BCUT2D eigenvalue weighted by Gasteiger charge is 2.11. The molecular weight excluding hydrogens is 353 g/mol. The summed E-state index contributed by atoms with van der Waals surface area (Å²) in [5.41, 5.74) is 0.251. The monoisotopic (exact) mass is 359 g/mol. The molecule has 1 amide bonds. The zero-order chi connectivity index (χ0) is 14.7. The van der Waals surface area contributed by atoms with Gasteiger partial charge in [0.15, 0.2) is 0 Å². The molecule has 2 rings (SSSR count). The number of hydrogen-bond acceptors (Lipinski definition) is 4. The molecule has 0 saturated carbocycles. The highest BCUT2D eigenvalue weighted by atomic mass is 79.9. The number of ether oxygens (including phenoxy) is 1. The number of rotatable bonds is 3. The van der Waals surface area contributed by atoms with Crippen molar-refractivity contribution in [1.82, 2.24) is 9.97 Å². The molecule has 0 aliphatic carbocycles. The van der Waals surface area contributed by atoms with Crippen molar-refractivity contribution >= 4 is 39.4 Å². The molecule has 1 N–H and O–H groups in total. The van der Waals surface area contributed by atoms with Crippen LogP contribution < -0.4 is 10.1 Å². The lowest BCUT2D eigenvalue weighted by Gasteiger charge is -2.06. The fourth-order valence-corrected chi connectivity index (χ4v) is 1.92. The third kappa shape index (κ3) is 3.43. The molecule has 104 valence electrons. The number of nitrogens with one attached hydrogen (secondary N) is 1. The lowest BCUT2D eigenvalue weighted by Crippen LogP contribution is -2.14. The van der Waals surface area contributed by atoms with Gasteiger partial charge in [0.05, 0.1) is 11.6 Å². The molecule has 5 nitrogen and oxygen atoms in total. The van der Waals surface area contributed by atoms with Gasteiger partial charge < -0.3 is 4.74 Å². The molecule has 0 aliphatic heterocycles. The summed E-state index contributed by atoms with van der Waals surface area (Å²) in [6, 6.07) is 5.29. The SMILES string of the molecule is COc1cc(Cl)nc(NC(=O)c2ccc(F)c(Br)c2)n1. The molecule has 1 aromatic heterocycles. The van der Waals surface area contributed by atoms with E-state index in [1.807, 2.05) is 0 Å². The molecular formula is C12H8BrClFN3O2. The van der Waals surface area contributed by atoms with E-state index < -0.39 is 11.7 Å². The molecule has 0 spiro atoms. The number of hydrogen-bond donors (Lipinski definition) is 1. The Morgan fingerprint density at radius 2 is 2.15 bits per heavy atom. The summed E-state index contributed by atoms with van der Waals surface area (Å²) in [6.45, 7) is 0. The minimum atomic E-state index is -0.491. The average molecular weight is 361 g/mol. The molecule has 0 saturated heterocycles. The standard InChI is InChI=1S/C12H8BrClFN3O2/c1-20-10-5-9(14)16-12(17-10)18-11(19)6-2-3-8(15)7(13)4-6/h2-5H,1H3,(H,16,17,18,19). The van der Waals surface area contributed by atoms with Crippen LogP contribution in [0.1, 0.15) is 10.4 Å². The topological polar surface area (TPSA) is 64.1 Å². The van der Waals surface area contributed by atoms with E-state index in [2.05, 4.69) is 31.2 Å². The molecule has 0 fully saturated rings. The van der Waals surface area contributed by atoms with Gasteiger partial charge in [-0.2, -0.15) is 4.98 Å². The average Bonchev–Trinajstić information content (AvgIpc) is 2.41. The summed E-state index contributed by atoms with van der Waals surface area (Å²) < 4.78 is 18.2. The number of carbonyl (C=O) groups excluding carboxylic acids is 1. The number of amides is 1. The second-order valence-corrected chi connectivity index (χ2v) is 4.88. The van der Waals surface area contributed by atoms with Gasteiger partial charge in [0.25, 0.3) is 5.91 Å². The molecule has 0 aliphatic rings. The summed E-state index contributed by atoms with van der Waals surface area (Å²) in [5.74, 6) is -0.724. The minimum absolute atomic E-state index is 0.000188. The van der Waals surface area contributed by atoms with Crippen molar-refractivity contribution in [3.8, 4) is 5.88 Å². The number of aromatic nitrogens is 2. The van der Waals surface area contributed by atoms with Crippen LogP contribution in [0.4, 0.5) is 10.3 Å². The first-order valence-electron chi connectivity index (χ1n) is 5.34. The molecule has 0 radical (unpaired) electrons. The second kappa shape index (κ2) is 6.15. The van der Waals surface area contributed by atoms with Gasteiger partial charge in [-0.1, -0.05) is 11.6 Å². The van der Waals surface area contributed by atoms with Crippen LogP contribution in [-0.4, -0.2) is 23.0 Å². The number of methoxy groups -OCH3 is 1. The van der Waals surface area contributed by atoms with E-state index >= 15 is 0 Å². The fraction of sp³-hybridized carbons (Fsp3) is 0.0833. The van der Waals surface area contributed by atoms with Gasteiger partial charge in [-0.3, -0.25) is 10.1 Å². The Morgan fingerprint density at radius 3 is 2.80 bits per heavy atom. The van der Waals surface area contributed by atoms with Gasteiger partial charge in [0.1, 0.15) is 11.0 Å². The van der Waals surface area contributed by atoms with Gasteiger partial charge in [0, 0.05) is 11.6 Å². The van der Waals surface area contributed by atoms with Gasteiger partial charge in [-0.25, -0.2) is 9.37 Å². The summed E-state index contributed by atoms with van der Waals surface area (Å²) in [6.07, 6.45) is 0. The Kier molecular flexibility index (Phi) is 4.51. The van der Waals surface area contributed by atoms with E-state index in [-0.39, 0.29) is 27.0 Å². The van der Waals surface area contributed by atoms with E-state index in [1.54, 1.807) is 0 Å². The second-order valence-electron chi connectivity index (χ2n) is 3.64. The Hall–Kier alpha value is -1.73. The summed E-state index contributed by atoms with van der Waals surface area (Å²) in [7, 11) is 1.42. The predicted octanol–water partition coefficient (Wildman–Crippen LogP) is 3.29. The normalized spacial score (nSPS) is 10.2. The molecule has 20 heavy (non-hydrogen) atoms. The smallest absolute Gasteiger partial charge is 0.258 e. The van der Waals surface area contributed by atoms with Crippen LogP contribution in [0.2, 0.25) is 5.15 Å². The quantitative estimate of drug-likeness (QED) is 0.853. The largest absolute Gasteiger partial charge is 0.481 e. The number of carbonyl (C=O) groups is 1. The third-order valence-corrected chi connectivity index (χ3v) is 3.09. The summed E-state index contributed by atoms with van der Waals surface area (Å²) in [4.78, 5) is 19.7. The summed E-state index contributed by atoms with van der Waals surface area (Å²) in [5, 5.41) is 2.58. The lowest BCUT2D eigenvalue weighted by atomic mass is 10.2. The van der Waals surface area contributed by atoms with Crippen LogP contribution in [0.3, 0.4) is 0 Å². The van der Waals surface area contributed by atoms with Crippen molar-refractivity contribution in [2.75, 3.05) is 12.4 Å². The van der Waals surface area contributed by atoms with Crippen molar-refractivity contribution in [3.05, 3.63) is 45.3 Å². The van der Waals surface area contributed by atoms with Crippen molar-refractivity contribution in [2.45, 2.75) is 0 Å². The van der Waals surface area contributed by atoms with Crippen LogP contribution in [-0.2, 0) is 0 Å².